The van der Waals surface area contributed by atoms with Gasteiger partial charge in [-0.05, 0) is 24.1 Å². The SMILES string of the molecule is COc1cccc([C@@H](N)CCC(F)(F)F)c1. The van der Waals surface area contributed by atoms with Gasteiger partial charge in [0, 0.05) is 12.5 Å². The van der Waals surface area contributed by atoms with Gasteiger partial charge < -0.3 is 10.5 Å². The number of rotatable bonds is 4. The molecule has 16 heavy (non-hydrogen) atoms. The molecule has 0 aliphatic carbocycles. The highest BCUT2D eigenvalue weighted by Crippen LogP contribution is 2.27. The minimum atomic E-state index is -4.16. The molecule has 1 rings (SSSR count). The summed E-state index contributed by atoms with van der Waals surface area (Å²) in [4.78, 5) is 0. The minimum Gasteiger partial charge on any atom is -0.497 e. The van der Waals surface area contributed by atoms with Crippen LogP contribution in [0.25, 0.3) is 0 Å². The minimum absolute atomic E-state index is 0.114. The number of ether oxygens (including phenoxy) is 1. The Morgan fingerprint density at radius 3 is 2.62 bits per heavy atom. The van der Waals surface area contributed by atoms with Gasteiger partial charge >= 0.3 is 6.18 Å². The number of alkyl halides is 3. The summed E-state index contributed by atoms with van der Waals surface area (Å²) in [5.41, 5.74) is 6.33. The lowest BCUT2D eigenvalue weighted by Crippen LogP contribution is -2.15. The Morgan fingerprint density at radius 1 is 1.38 bits per heavy atom. The fraction of sp³-hybridized carbons (Fsp3) is 0.455. The molecule has 1 atom stereocenters. The van der Waals surface area contributed by atoms with Crippen LogP contribution in [0.1, 0.15) is 24.4 Å². The summed E-state index contributed by atoms with van der Waals surface area (Å²) in [6.45, 7) is 0. The molecular weight excluding hydrogens is 219 g/mol. The second-order valence-corrected chi connectivity index (χ2v) is 3.54. The van der Waals surface area contributed by atoms with E-state index < -0.39 is 18.6 Å². The molecule has 90 valence electrons. The number of hydrogen-bond donors (Lipinski definition) is 1. The molecule has 0 aromatic heterocycles. The van der Waals surface area contributed by atoms with E-state index >= 15 is 0 Å². The van der Waals surface area contributed by atoms with Crippen LogP contribution in [-0.2, 0) is 0 Å². The molecule has 0 heterocycles. The fourth-order valence-corrected chi connectivity index (χ4v) is 1.36. The predicted molar refractivity (Wildman–Crippen MR) is 55.2 cm³/mol. The first kappa shape index (κ1) is 12.8. The highest BCUT2D eigenvalue weighted by Gasteiger charge is 2.27. The Labute approximate surface area is 92.2 Å². The van der Waals surface area contributed by atoms with Crippen molar-refractivity contribution in [1.29, 1.82) is 0 Å². The van der Waals surface area contributed by atoms with Gasteiger partial charge in [-0.25, -0.2) is 0 Å². The lowest BCUT2D eigenvalue weighted by atomic mass is 10.0. The van der Waals surface area contributed by atoms with Crippen LogP contribution in [0.3, 0.4) is 0 Å². The lowest BCUT2D eigenvalue weighted by Gasteiger charge is -2.14. The quantitative estimate of drug-likeness (QED) is 0.867. The standard InChI is InChI=1S/C11H14F3NO/c1-16-9-4-2-3-8(7-9)10(15)5-6-11(12,13)14/h2-4,7,10H,5-6,15H2,1H3/t10-/m0/s1. The van der Waals surface area contributed by atoms with E-state index in [-0.39, 0.29) is 6.42 Å². The molecule has 0 amide bonds. The summed E-state index contributed by atoms with van der Waals surface area (Å²) in [5, 5.41) is 0. The highest BCUT2D eigenvalue weighted by atomic mass is 19.4. The molecule has 0 aliphatic heterocycles. The van der Waals surface area contributed by atoms with Crippen LogP contribution in [0, 0.1) is 0 Å². The topological polar surface area (TPSA) is 35.2 Å². The average Bonchev–Trinajstić information content (AvgIpc) is 2.25. The maximum absolute atomic E-state index is 12.0. The van der Waals surface area contributed by atoms with Crippen molar-refractivity contribution in [3.63, 3.8) is 0 Å². The normalized spacial score (nSPS) is 13.6. The smallest absolute Gasteiger partial charge is 0.389 e. The number of benzene rings is 1. The fourth-order valence-electron chi connectivity index (χ4n) is 1.36. The van der Waals surface area contributed by atoms with Crippen molar-refractivity contribution in [3.05, 3.63) is 29.8 Å². The Hall–Kier alpha value is -1.23. The Bertz CT molecular complexity index is 338. The maximum atomic E-state index is 12.0. The largest absolute Gasteiger partial charge is 0.497 e. The first-order valence-corrected chi connectivity index (χ1v) is 4.88. The van der Waals surface area contributed by atoms with E-state index in [4.69, 9.17) is 10.5 Å². The summed E-state index contributed by atoms with van der Waals surface area (Å²) in [6, 6.07) is 6.17. The zero-order valence-corrected chi connectivity index (χ0v) is 8.92. The zero-order chi connectivity index (χ0) is 12.2. The van der Waals surface area contributed by atoms with E-state index in [9.17, 15) is 13.2 Å². The van der Waals surface area contributed by atoms with Crippen molar-refractivity contribution in [2.24, 2.45) is 5.73 Å². The van der Waals surface area contributed by atoms with Crippen LogP contribution < -0.4 is 10.5 Å². The number of methoxy groups -OCH3 is 1. The van der Waals surface area contributed by atoms with Gasteiger partial charge in [-0.2, -0.15) is 13.2 Å². The third-order valence-corrected chi connectivity index (χ3v) is 2.26. The molecular formula is C11H14F3NO. The molecule has 1 aromatic carbocycles. The highest BCUT2D eigenvalue weighted by molar-refractivity contribution is 5.30. The lowest BCUT2D eigenvalue weighted by molar-refractivity contribution is -0.136. The van der Waals surface area contributed by atoms with Crippen LogP contribution in [-0.4, -0.2) is 13.3 Å². The van der Waals surface area contributed by atoms with Gasteiger partial charge in [0.25, 0.3) is 0 Å². The second kappa shape index (κ2) is 5.21. The number of hydrogen-bond acceptors (Lipinski definition) is 2. The molecule has 0 saturated heterocycles. The first-order valence-electron chi connectivity index (χ1n) is 4.88. The molecule has 5 heteroatoms. The van der Waals surface area contributed by atoms with E-state index in [1.165, 1.54) is 7.11 Å². The number of halogens is 3. The zero-order valence-electron chi connectivity index (χ0n) is 8.92. The molecule has 0 fully saturated rings. The second-order valence-electron chi connectivity index (χ2n) is 3.54. The van der Waals surface area contributed by atoms with Crippen molar-refractivity contribution < 1.29 is 17.9 Å². The molecule has 0 bridgehead atoms. The molecule has 2 nitrogen and oxygen atoms in total. The summed E-state index contributed by atoms with van der Waals surface area (Å²) in [6.07, 6.45) is -5.14. The van der Waals surface area contributed by atoms with Gasteiger partial charge in [0.15, 0.2) is 0 Å². The molecule has 0 spiro atoms. The maximum Gasteiger partial charge on any atom is 0.389 e. The van der Waals surface area contributed by atoms with Gasteiger partial charge in [0.1, 0.15) is 5.75 Å². The summed E-state index contributed by atoms with van der Waals surface area (Å²) < 4.78 is 41.0. The molecule has 0 radical (unpaired) electrons. The monoisotopic (exact) mass is 233 g/mol. The van der Waals surface area contributed by atoms with Gasteiger partial charge in [0.2, 0.25) is 0 Å². The third-order valence-electron chi connectivity index (χ3n) is 2.26. The van der Waals surface area contributed by atoms with Crippen LogP contribution in [0.15, 0.2) is 24.3 Å². The number of nitrogens with two attached hydrogens (primary N) is 1. The van der Waals surface area contributed by atoms with Crippen LogP contribution in [0.2, 0.25) is 0 Å². The van der Waals surface area contributed by atoms with E-state index in [1.54, 1.807) is 24.3 Å². The van der Waals surface area contributed by atoms with E-state index in [0.29, 0.717) is 11.3 Å². The Kier molecular flexibility index (Phi) is 4.18. The third kappa shape index (κ3) is 4.10. The molecule has 2 N–H and O–H groups in total. The van der Waals surface area contributed by atoms with Crippen LogP contribution >= 0.6 is 0 Å². The molecule has 0 unspecified atom stereocenters. The van der Waals surface area contributed by atoms with Crippen molar-refractivity contribution in [3.8, 4) is 5.75 Å². The molecule has 0 aliphatic rings. The molecule has 0 saturated carbocycles. The summed E-state index contributed by atoms with van der Waals surface area (Å²) in [7, 11) is 1.50. The van der Waals surface area contributed by atoms with Crippen LogP contribution in [0.4, 0.5) is 13.2 Å². The summed E-state index contributed by atoms with van der Waals surface area (Å²) in [5.74, 6) is 0.597. The van der Waals surface area contributed by atoms with Gasteiger partial charge in [-0.1, -0.05) is 12.1 Å². The first-order chi connectivity index (χ1) is 7.42. The van der Waals surface area contributed by atoms with Gasteiger partial charge in [0.05, 0.1) is 7.11 Å². The van der Waals surface area contributed by atoms with Crippen LogP contribution in [0.5, 0.6) is 5.75 Å². The van der Waals surface area contributed by atoms with Crippen molar-refractivity contribution >= 4 is 0 Å². The van der Waals surface area contributed by atoms with Gasteiger partial charge in [-0.15, -0.1) is 0 Å². The average molecular weight is 233 g/mol. The van der Waals surface area contributed by atoms with Crippen molar-refractivity contribution in [2.45, 2.75) is 25.1 Å². The Balaban J connectivity index is 2.62. The predicted octanol–water partition coefficient (Wildman–Crippen LogP) is 3.04. The van der Waals surface area contributed by atoms with Crippen molar-refractivity contribution in [1.82, 2.24) is 0 Å². The van der Waals surface area contributed by atoms with E-state index in [2.05, 4.69) is 0 Å². The van der Waals surface area contributed by atoms with E-state index in [0.717, 1.165) is 0 Å². The van der Waals surface area contributed by atoms with Crippen molar-refractivity contribution in [2.75, 3.05) is 7.11 Å². The van der Waals surface area contributed by atoms with E-state index in [1.807, 2.05) is 0 Å². The Morgan fingerprint density at radius 2 is 2.06 bits per heavy atom. The van der Waals surface area contributed by atoms with Gasteiger partial charge in [-0.3, -0.25) is 0 Å². The summed E-state index contributed by atoms with van der Waals surface area (Å²) >= 11 is 0. The molecule has 1 aromatic rings.